The zero-order valence-electron chi connectivity index (χ0n) is 18.8. The van der Waals surface area contributed by atoms with Crippen molar-refractivity contribution < 1.29 is 14.3 Å². The van der Waals surface area contributed by atoms with Crippen LogP contribution in [0.25, 0.3) is 11.1 Å². The summed E-state index contributed by atoms with van der Waals surface area (Å²) in [6.45, 7) is 1.77. The number of ether oxygens (including phenoxy) is 1. The van der Waals surface area contributed by atoms with Gasteiger partial charge in [0.1, 0.15) is 17.5 Å². The molecule has 1 atom stereocenters. The molecule has 0 radical (unpaired) electrons. The van der Waals surface area contributed by atoms with E-state index >= 15 is 0 Å². The molecular formula is C24H22ClN5O4. The van der Waals surface area contributed by atoms with Crippen LogP contribution in [-0.2, 0) is 4.79 Å². The molecule has 0 fully saturated rings. The first kappa shape index (κ1) is 24.5. The number of hydrogen-bond acceptors (Lipinski definition) is 6. The summed E-state index contributed by atoms with van der Waals surface area (Å²) < 4.78 is 6.76. The topological polar surface area (TPSA) is 126 Å². The van der Waals surface area contributed by atoms with E-state index in [1.54, 1.807) is 31.2 Å². The molecule has 0 saturated heterocycles. The quantitative estimate of drug-likeness (QED) is 0.535. The SMILES string of the molecule is CCC(C(=O)Nc1ccc(C(=O)NC)nc1)n1cc(OC)c(-c2cc(Cl)ccc2C#N)cc1=O. The van der Waals surface area contributed by atoms with Crippen molar-refractivity contribution >= 4 is 29.1 Å². The summed E-state index contributed by atoms with van der Waals surface area (Å²) in [7, 11) is 2.93. The number of aromatic nitrogens is 2. The van der Waals surface area contributed by atoms with E-state index in [0.717, 1.165) is 0 Å². The van der Waals surface area contributed by atoms with Gasteiger partial charge in [-0.05, 0) is 36.8 Å². The van der Waals surface area contributed by atoms with E-state index < -0.39 is 17.5 Å². The van der Waals surface area contributed by atoms with Gasteiger partial charge >= 0.3 is 0 Å². The molecule has 9 nitrogen and oxygen atoms in total. The maximum Gasteiger partial charge on any atom is 0.269 e. The Bertz CT molecular complexity index is 1330. The second kappa shape index (κ2) is 10.6. The fourth-order valence-corrected chi connectivity index (χ4v) is 3.62. The van der Waals surface area contributed by atoms with Crippen molar-refractivity contribution in [3.63, 3.8) is 0 Å². The molecule has 2 N–H and O–H groups in total. The number of pyridine rings is 2. The van der Waals surface area contributed by atoms with Crippen LogP contribution in [0.3, 0.4) is 0 Å². The number of nitriles is 1. The number of nitrogens with zero attached hydrogens (tertiary/aromatic N) is 3. The van der Waals surface area contributed by atoms with Crippen molar-refractivity contribution in [2.75, 3.05) is 19.5 Å². The maximum absolute atomic E-state index is 13.0. The van der Waals surface area contributed by atoms with E-state index in [0.29, 0.717) is 39.6 Å². The lowest BCUT2D eigenvalue weighted by Crippen LogP contribution is -2.32. The summed E-state index contributed by atoms with van der Waals surface area (Å²) in [5.41, 5.74) is 1.32. The van der Waals surface area contributed by atoms with Crippen molar-refractivity contribution in [1.82, 2.24) is 14.9 Å². The van der Waals surface area contributed by atoms with Crippen LogP contribution in [0.4, 0.5) is 5.69 Å². The van der Waals surface area contributed by atoms with E-state index in [-0.39, 0.29) is 11.6 Å². The first-order chi connectivity index (χ1) is 16.3. The number of benzene rings is 1. The van der Waals surface area contributed by atoms with E-state index in [9.17, 15) is 19.6 Å². The number of methoxy groups -OCH3 is 1. The highest BCUT2D eigenvalue weighted by molar-refractivity contribution is 6.31. The fraction of sp³-hybridized carbons (Fsp3) is 0.208. The number of anilines is 1. The molecule has 34 heavy (non-hydrogen) atoms. The predicted molar refractivity (Wildman–Crippen MR) is 128 cm³/mol. The van der Waals surface area contributed by atoms with Crippen molar-refractivity contribution in [2.24, 2.45) is 0 Å². The number of carbonyl (C=O) groups excluding carboxylic acids is 2. The van der Waals surface area contributed by atoms with Gasteiger partial charge in [-0.15, -0.1) is 0 Å². The number of rotatable bonds is 7. The minimum absolute atomic E-state index is 0.210. The Morgan fingerprint density at radius 2 is 2.00 bits per heavy atom. The number of hydrogen-bond donors (Lipinski definition) is 2. The van der Waals surface area contributed by atoms with Crippen molar-refractivity contribution in [2.45, 2.75) is 19.4 Å². The van der Waals surface area contributed by atoms with Crippen LogP contribution in [0.15, 0.2) is 53.6 Å². The van der Waals surface area contributed by atoms with E-state index in [4.69, 9.17) is 16.3 Å². The van der Waals surface area contributed by atoms with Crippen LogP contribution >= 0.6 is 11.6 Å². The number of halogens is 1. The predicted octanol–water partition coefficient (Wildman–Crippen LogP) is 3.39. The van der Waals surface area contributed by atoms with Crippen LogP contribution in [0.1, 0.15) is 35.4 Å². The van der Waals surface area contributed by atoms with Gasteiger partial charge in [-0.25, -0.2) is 4.98 Å². The van der Waals surface area contributed by atoms with E-state index in [1.807, 2.05) is 0 Å². The summed E-state index contributed by atoms with van der Waals surface area (Å²) in [6, 6.07) is 10.3. The number of carbonyl (C=O) groups is 2. The van der Waals surface area contributed by atoms with Gasteiger partial charge in [0.2, 0.25) is 5.91 Å². The highest BCUT2D eigenvalue weighted by atomic mass is 35.5. The smallest absolute Gasteiger partial charge is 0.269 e. The second-order valence-electron chi connectivity index (χ2n) is 7.23. The Hall–Kier alpha value is -4.16. The Kier molecular flexibility index (Phi) is 7.66. The molecule has 10 heteroatoms. The van der Waals surface area contributed by atoms with E-state index in [2.05, 4.69) is 21.7 Å². The standard InChI is InChI=1S/C24H22ClN5O4/c1-4-20(24(33)29-16-7-8-19(28-12-16)23(32)27-2)30-13-21(34-3)18(10-22(30)31)17-9-15(25)6-5-14(17)11-26/h5-10,12-13,20H,4H2,1-3H3,(H,27,32)(H,29,33). The molecule has 0 spiro atoms. The normalized spacial score (nSPS) is 11.3. The molecule has 1 unspecified atom stereocenters. The molecule has 0 bridgehead atoms. The van der Waals surface area contributed by atoms with Gasteiger partial charge < -0.3 is 15.4 Å². The van der Waals surface area contributed by atoms with Crippen LogP contribution in [0.2, 0.25) is 5.02 Å². The Morgan fingerprint density at radius 3 is 2.59 bits per heavy atom. The van der Waals surface area contributed by atoms with Gasteiger partial charge in [-0.2, -0.15) is 5.26 Å². The third-order valence-electron chi connectivity index (χ3n) is 5.17. The summed E-state index contributed by atoms with van der Waals surface area (Å²) in [4.78, 5) is 41.7. The average Bonchev–Trinajstić information content (AvgIpc) is 2.85. The molecule has 0 aliphatic rings. The van der Waals surface area contributed by atoms with Crippen LogP contribution in [0, 0.1) is 11.3 Å². The summed E-state index contributed by atoms with van der Waals surface area (Å²) in [5.74, 6) is -0.474. The van der Waals surface area contributed by atoms with Gasteiger partial charge in [0, 0.05) is 29.3 Å². The monoisotopic (exact) mass is 479 g/mol. The minimum atomic E-state index is -0.844. The summed E-state index contributed by atoms with van der Waals surface area (Å²) in [5, 5.41) is 15.1. The lowest BCUT2D eigenvalue weighted by molar-refractivity contribution is -0.119. The average molecular weight is 480 g/mol. The molecule has 3 aromatic rings. The molecule has 3 rings (SSSR count). The highest BCUT2D eigenvalue weighted by Gasteiger charge is 2.23. The second-order valence-corrected chi connectivity index (χ2v) is 7.66. The minimum Gasteiger partial charge on any atom is -0.495 e. The highest BCUT2D eigenvalue weighted by Crippen LogP contribution is 2.33. The van der Waals surface area contributed by atoms with Gasteiger partial charge in [0.25, 0.3) is 11.5 Å². The largest absolute Gasteiger partial charge is 0.495 e. The van der Waals surface area contributed by atoms with E-state index in [1.165, 1.54) is 43.3 Å². The van der Waals surface area contributed by atoms with Crippen molar-refractivity contribution in [3.05, 3.63) is 75.4 Å². The zero-order valence-corrected chi connectivity index (χ0v) is 19.5. The maximum atomic E-state index is 13.0. The first-order valence-electron chi connectivity index (χ1n) is 10.3. The van der Waals surface area contributed by atoms with Gasteiger partial charge in [0.15, 0.2) is 0 Å². The van der Waals surface area contributed by atoms with Gasteiger partial charge in [0.05, 0.1) is 36.8 Å². The first-order valence-corrected chi connectivity index (χ1v) is 10.7. The van der Waals surface area contributed by atoms with Crippen LogP contribution in [-0.4, -0.2) is 35.5 Å². The molecule has 0 saturated carbocycles. The third kappa shape index (κ3) is 5.08. The van der Waals surface area contributed by atoms with Gasteiger partial charge in [-0.3, -0.25) is 19.0 Å². The van der Waals surface area contributed by atoms with Crippen molar-refractivity contribution in [3.8, 4) is 22.9 Å². The Labute approximate surface area is 201 Å². The Morgan fingerprint density at radius 1 is 1.24 bits per heavy atom. The number of nitrogens with one attached hydrogen (secondary N) is 2. The molecule has 2 amide bonds. The molecule has 0 aliphatic heterocycles. The molecule has 1 aromatic carbocycles. The Balaban J connectivity index is 1.96. The summed E-state index contributed by atoms with van der Waals surface area (Å²) in [6.07, 6.45) is 3.13. The van der Waals surface area contributed by atoms with Gasteiger partial charge in [-0.1, -0.05) is 18.5 Å². The lowest BCUT2D eigenvalue weighted by atomic mass is 10.00. The molecule has 2 heterocycles. The lowest BCUT2D eigenvalue weighted by Gasteiger charge is -2.20. The number of amides is 2. The molecular weight excluding hydrogens is 458 g/mol. The van der Waals surface area contributed by atoms with Crippen LogP contribution in [0.5, 0.6) is 5.75 Å². The van der Waals surface area contributed by atoms with Crippen molar-refractivity contribution in [1.29, 1.82) is 5.26 Å². The third-order valence-corrected chi connectivity index (χ3v) is 5.41. The zero-order chi connectivity index (χ0) is 24.8. The summed E-state index contributed by atoms with van der Waals surface area (Å²) >= 11 is 6.10. The molecule has 0 aliphatic carbocycles. The molecule has 174 valence electrons. The van der Waals surface area contributed by atoms with Crippen LogP contribution < -0.4 is 20.9 Å². The molecule has 2 aromatic heterocycles. The fourth-order valence-electron chi connectivity index (χ4n) is 3.45.